The van der Waals surface area contributed by atoms with Gasteiger partial charge in [0.05, 0.1) is 11.4 Å². The molecule has 2 aromatic rings. The van der Waals surface area contributed by atoms with Gasteiger partial charge in [0.1, 0.15) is 0 Å². The summed E-state index contributed by atoms with van der Waals surface area (Å²) in [4.78, 5) is 4.80. The first kappa shape index (κ1) is 28.9. The molecule has 0 N–H and O–H groups in total. The second-order valence-electron chi connectivity index (χ2n) is 9.48. The number of rotatable bonds is 5. The molecule has 2 rings (SSSR count). The van der Waals surface area contributed by atoms with Gasteiger partial charge in [0.25, 0.3) is 0 Å². The van der Waals surface area contributed by atoms with Gasteiger partial charge in [-0.1, -0.05) is 47.3 Å². The second-order valence-corrected chi connectivity index (χ2v) is 14.6. The third-order valence-electron chi connectivity index (χ3n) is 3.56. The first-order valence-corrected chi connectivity index (χ1v) is 14.1. The van der Waals surface area contributed by atoms with Gasteiger partial charge in [0.15, 0.2) is 6.17 Å². The molecule has 0 atom stereocenters. The van der Waals surface area contributed by atoms with Crippen molar-refractivity contribution in [1.29, 1.82) is 0 Å². The number of hydrogen-bond donors (Lipinski definition) is 0. The molecule has 164 valence electrons. The van der Waals surface area contributed by atoms with Gasteiger partial charge in [0.2, 0.25) is 0 Å². The van der Waals surface area contributed by atoms with Crippen LogP contribution in [0.4, 0.5) is 0 Å². The molecule has 0 fully saturated rings. The third-order valence-corrected chi connectivity index (χ3v) is 3.56. The summed E-state index contributed by atoms with van der Waals surface area (Å²) in [7, 11) is -0.861. The zero-order valence-corrected chi connectivity index (χ0v) is 23.4. The molecule has 6 nitrogen and oxygen atoms in total. The smallest absolute Gasteiger partial charge is 0.463 e. The van der Waals surface area contributed by atoms with Crippen molar-refractivity contribution in [3.63, 3.8) is 0 Å². The molecule has 0 saturated heterocycles. The molecule has 0 aliphatic carbocycles. The minimum absolute atomic E-state index is 0. The van der Waals surface area contributed by atoms with Gasteiger partial charge in [0, 0.05) is 11.4 Å². The molecule has 2 aromatic heterocycles. The van der Waals surface area contributed by atoms with E-state index >= 15 is 0 Å². The van der Waals surface area contributed by atoms with Crippen LogP contribution >= 0.6 is 0 Å². The number of aryl methyl sites for hydroxylation is 4. The molecule has 0 bridgehead atoms. The average Bonchev–Trinajstić information content (AvgIpc) is 2.98. The number of amidine groups is 1. The van der Waals surface area contributed by atoms with E-state index in [1.807, 2.05) is 23.2 Å². The number of aliphatic imine (C=N–C) groups is 1. The van der Waals surface area contributed by atoms with Crippen molar-refractivity contribution in [2.75, 3.05) is 0 Å². The van der Waals surface area contributed by atoms with E-state index in [9.17, 15) is 0 Å². The SMILES string of the molecule is Cc1cc(C)n(C(C(=NC(C)C)[N-]C(C)C)n2nc(C)cc2C)n1.[CH2-][Si](C)(C)C.[Mg+2]. The Morgan fingerprint density at radius 3 is 1.53 bits per heavy atom. The third kappa shape index (κ3) is 9.79. The summed E-state index contributed by atoms with van der Waals surface area (Å²) in [5.74, 6) is 0.761. The molecule has 0 aliphatic heterocycles. The van der Waals surface area contributed by atoms with E-state index in [2.05, 4.69) is 90.1 Å². The van der Waals surface area contributed by atoms with Gasteiger partial charge in [-0.05, 0) is 57.7 Å². The van der Waals surface area contributed by atoms with Crippen LogP contribution in [0, 0.1) is 34.2 Å². The fourth-order valence-corrected chi connectivity index (χ4v) is 2.81. The summed E-state index contributed by atoms with van der Waals surface area (Å²) in [5.41, 5.74) is 4.10. The molecule has 0 aliphatic rings. The van der Waals surface area contributed by atoms with Crippen molar-refractivity contribution < 1.29 is 0 Å². The van der Waals surface area contributed by atoms with E-state index in [1.54, 1.807) is 0 Å². The molecular weight excluding hydrogens is 401 g/mol. The molecule has 0 radical (unpaired) electrons. The van der Waals surface area contributed by atoms with Gasteiger partial charge >= 0.3 is 23.1 Å². The Morgan fingerprint density at radius 2 is 1.30 bits per heavy atom. The quantitative estimate of drug-likeness (QED) is 0.275. The molecule has 2 heterocycles. The van der Waals surface area contributed by atoms with E-state index < -0.39 is 8.07 Å². The van der Waals surface area contributed by atoms with E-state index in [0.717, 1.165) is 28.6 Å². The van der Waals surface area contributed by atoms with Crippen molar-refractivity contribution in [1.82, 2.24) is 19.6 Å². The first-order valence-electron chi connectivity index (χ1n) is 10.4. The standard InChI is InChI=1S/C18H29N6.C4H11Si.Mg/c1-11(2)19-17(20-12(3)4)18(23-15(7)9-13(5)21-23)24-16(8)10-14(6)22-24;1-5(2,3)4;/h9-12,18H,1-8H3;1H2,2-4H3;/q2*-1;+2. The molecule has 30 heavy (non-hydrogen) atoms. The average molecular weight is 441 g/mol. The molecule has 0 amide bonds. The van der Waals surface area contributed by atoms with Gasteiger partial charge in [-0.25, -0.2) is 9.36 Å². The van der Waals surface area contributed by atoms with Crippen molar-refractivity contribution in [2.45, 2.75) is 93.3 Å². The van der Waals surface area contributed by atoms with Gasteiger partial charge in [-0.3, -0.25) is 0 Å². The molecule has 0 aromatic carbocycles. The fourth-order valence-electron chi connectivity index (χ4n) is 2.81. The van der Waals surface area contributed by atoms with Crippen LogP contribution in [0.3, 0.4) is 0 Å². The van der Waals surface area contributed by atoms with Crippen LogP contribution < -0.4 is 0 Å². The predicted octanol–water partition coefficient (Wildman–Crippen LogP) is 5.27. The summed E-state index contributed by atoms with van der Waals surface area (Å²) in [6.45, 7) is 26.9. The van der Waals surface area contributed by atoms with Crippen molar-refractivity contribution in [2.24, 2.45) is 4.99 Å². The van der Waals surface area contributed by atoms with E-state index in [1.165, 1.54) is 0 Å². The topological polar surface area (TPSA) is 62.1 Å². The summed E-state index contributed by atoms with van der Waals surface area (Å²) in [6, 6.07) is 4.44. The minimum atomic E-state index is -0.861. The maximum Gasteiger partial charge on any atom is 2.00 e. The van der Waals surface area contributed by atoms with E-state index in [4.69, 9.17) is 10.3 Å². The van der Waals surface area contributed by atoms with Gasteiger partial charge in [-0.15, -0.1) is 8.07 Å². The number of nitrogens with zero attached hydrogens (tertiary/aromatic N) is 6. The molecule has 0 spiro atoms. The molecular formula is C22H40MgN6Si. The first-order chi connectivity index (χ1) is 13.2. The fraction of sp³-hybridized carbons (Fsp3) is 0.636. The monoisotopic (exact) mass is 440 g/mol. The Kier molecular flexibility index (Phi) is 11.6. The van der Waals surface area contributed by atoms with Crippen molar-refractivity contribution in [3.8, 4) is 0 Å². The Bertz CT molecular complexity index is 762. The van der Waals surface area contributed by atoms with Crippen molar-refractivity contribution >= 4 is 37.0 Å². The molecule has 0 unspecified atom stereocenters. The molecule has 0 saturated carbocycles. The Labute approximate surface area is 201 Å². The van der Waals surface area contributed by atoms with Crippen LogP contribution in [0.2, 0.25) is 19.6 Å². The maximum atomic E-state index is 4.80. The normalized spacial score (nSPS) is 12.2. The predicted molar refractivity (Wildman–Crippen MR) is 133 cm³/mol. The zero-order chi connectivity index (χ0) is 22.5. The summed E-state index contributed by atoms with van der Waals surface area (Å²) >= 11 is 0. The number of hydrogen-bond acceptors (Lipinski definition) is 3. The van der Waals surface area contributed by atoms with Crippen molar-refractivity contribution in [3.05, 3.63) is 46.8 Å². The summed E-state index contributed by atoms with van der Waals surface area (Å²) in [5, 5.41) is 14.2. The van der Waals surface area contributed by atoms with Crippen LogP contribution in [-0.4, -0.2) is 68.6 Å². The maximum absolute atomic E-state index is 4.80. The van der Waals surface area contributed by atoms with E-state index in [-0.39, 0.29) is 41.3 Å². The van der Waals surface area contributed by atoms with Crippen LogP contribution in [-0.2, 0) is 0 Å². The minimum Gasteiger partial charge on any atom is -0.463 e. The number of aromatic nitrogens is 4. The van der Waals surface area contributed by atoms with Gasteiger partial charge in [-0.2, -0.15) is 10.2 Å². The summed E-state index contributed by atoms with van der Waals surface area (Å²) in [6.07, 6.45) is -0.266. The Balaban J connectivity index is 0.00000125. The van der Waals surface area contributed by atoms with Gasteiger partial charge < -0.3 is 16.9 Å². The molecule has 8 heteroatoms. The van der Waals surface area contributed by atoms with Crippen LogP contribution in [0.5, 0.6) is 0 Å². The Hall–Kier alpha value is -1.13. The zero-order valence-electron chi connectivity index (χ0n) is 21.0. The largest absolute Gasteiger partial charge is 2.00 e. The summed E-state index contributed by atoms with van der Waals surface area (Å²) < 4.78 is 3.95. The Morgan fingerprint density at radius 1 is 0.933 bits per heavy atom. The second kappa shape index (κ2) is 12.0. The van der Waals surface area contributed by atoms with Crippen LogP contribution in [0.15, 0.2) is 17.1 Å². The van der Waals surface area contributed by atoms with Crippen LogP contribution in [0.25, 0.3) is 5.32 Å². The van der Waals surface area contributed by atoms with Crippen LogP contribution in [0.1, 0.15) is 56.6 Å². The van der Waals surface area contributed by atoms with E-state index in [0.29, 0.717) is 0 Å².